The zero-order valence-corrected chi connectivity index (χ0v) is 23.1. The highest BCUT2D eigenvalue weighted by Gasteiger charge is 2.25. The van der Waals surface area contributed by atoms with Crippen LogP contribution >= 0.6 is 0 Å². The van der Waals surface area contributed by atoms with Gasteiger partial charge in [-0.1, -0.05) is 99.6 Å². The van der Waals surface area contributed by atoms with Crippen LogP contribution in [0, 0.1) is 19.2 Å². The van der Waals surface area contributed by atoms with E-state index < -0.39 is 18.6 Å². The predicted octanol–water partition coefficient (Wildman–Crippen LogP) is 9.62. The SMILES string of the molecule is [2H]C([2H])([2H])c1c[n+](C)c(-c2c(C)ccc3c2oc2c(-c4ccccc4)ccc(-c4ccccc4)c23)cc1C([2H])([2H])C(C)(C)C. The van der Waals surface area contributed by atoms with Gasteiger partial charge in [0.05, 0.1) is 5.56 Å². The highest BCUT2D eigenvalue weighted by Crippen LogP contribution is 2.45. The average molecular weight is 516 g/mol. The Balaban J connectivity index is 1.74. The van der Waals surface area contributed by atoms with E-state index >= 15 is 0 Å². The smallest absolute Gasteiger partial charge is 0.216 e. The highest BCUT2D eigenvalue weighted by molar-refractivity contribution is 6.18. The zero-order valence-electron chi connectivity index (χ0n) is 28.1. The second kappa shape index (κ2) is 9.54. The lowest BCUT2D eigenvalue weighted by molar-refractivity contribution is -0.660. The molecule has 0 radical (unpaired) electrons. The molecule has 2 heterocycles. The van der Waals surface area contributed by atoms with Gasteiger partial charge in [-0.15, -0.1) is 0 Å². The van der Waals surface area contributed by atoms with Crippen molar-refractivity contribution in [1.82, 2.24) is 0 Å². The Morgan fingerprint density at radius 1 is 0.795 bits per heavy atom. The lowest BCUT2D eigenvalue weighted by Crippen LogP contribution is -2.32. The molecular weight excluding hydrogens is 474 g/mol. The molecule has 0 fully saturated rings. The maximum absolute atomic E-state index is 9.10. The van der Waals surface area contributed by atoms with Gasteiger partial charge in [-0.2, -0.15) is 0 Å². The first kappa shape index (κ1) is 19.8. The van der Waals surface area contributed by atoms with Crippen molar-refractivity contribution in [3.63, 3.8) is 0 Å². The number of nitrogens with zero attached hydrogens (tertiary/aromatic N) is 1. The van der Waals surface area contributed by atoms with Gasteiger partial charge >= 0.3 is 0 Å². The predicted molar refractivity (Wildman–Crippen MR) is 164 cm³/mol. The van der Waals surface area contributed by atoms with E-state index in [0.29, 0.717) is 11.3 Å². The van der Waals surface area contributed by atoms with Crippen molar-refractivity contribution in [3.05, 3.63) is 114 Å². The number of pyridine rings is 1. The minimum Gasteiger partial charge on any atom is -0.454 e. The lowest BCUT2D eigenvalue weighted by Gasteiger charge is -2.19. The van der Waals surface area contributed by atoms with Crippen molar-refractivity contribution in [2.24, 2.45) is 12.5 Å². The number of furan rings is 1. The molecular formula is C37H36NO+. The quantitative estimate of drug-likeness (QED) is 0.214. The first-order valence-corrected chi connectivity index (χ1v) is 13.3. The Morgan fingerprint density at radius 3 is 2.08 bits per heavy atom. The van der Waals surface area contributed by atoms with E-state index in [9.17, 15) is 0 Å². The van der Waals surface area contributed by atoms with Gasteiger partial charge in [0.2, 0.25) is 5.69 Å². The molecule has 0 saturated heterocycles. The van der Waals surface area contributed by atoms with E-state index in [2.05, 4.69) is 48.5 Å². The Hall–Kier alpha value is -4.17. The van der Waals surface area contributed by atoms with Crippen LogP contribution in [0.15, 0.2) is 102 Å². The molecule has 0 aliphatic rings. The summed E-state index contributed by atoms with van der Waals surface area (Å²) >= 11 is 0. The van der Waals surface area contributed by atoms with Gasteiger partial charge in [-0.05, 0) is 59.4 Å². The van der Waals surface area contributed by atoms with E-state index in [4.69, 9.17) is 11.3 Å². The van der Waals surface area contributed by atoms with Crippen molar-refractivity contribution in [2.75, 3.05) is 0 Å². The van der Waals surface area contributed by atoms with Crippen LogP contribution in [0.2, 0.25) is 0 Å². The number of hydrogen-bond acceptors (Lipinski definition) is 1. The molecule has 39 heavy (non-hydrogen) atoms. The second-order valence-electron chi connectivity index (χ2n) is 11.3. The number of aromatic nitrogens is 1. The molecule has 194 valence electrons. The van der Waals surface area contributed by atoms with Gasteiger partial charge in [0.25, 0.3) is 0 Å². The van der Waals surface area contributed by atoms with Gasteiger partial charge in [0.1, 0.15) is 18.2 Å². The number of rotatable bonds is 4. The van der Waals surface area contributed by atoms with Crippen molar-refractivity contribution in [2.45, 2.75) is 40.9 Å². The minimum absolute atomic E-state index is 0.0100. The minimum atomic E-state index is -2.49. The van der Waals surface area contributed by atoms with Crippen LogP contribution in [-0.2, 0) is 13.4 Å². The van der Waals surface area contributed by atoms with Crippen LogP contribution in [0.4, 0.5) is 0 Å². The molecule has 0 aliphatic carbocycles. The van der Waals surface area contributed by atoms with Crippen molar-refractivity contribution >= 4 is 21.9 Å². The van der Waals surface area contributed by atoms with E-state index in [1.807, 2.05) is 50.4 Å². The van der Waals surface area contributed by atoms with E-state index in [1.54, 1.807) is 37.6 Å². The Bertz CT molecular complexity index is 2020. The van der Waals surface area contributed by atoms with Crippen LogP contribution in [0.25, 0.3) is 55.4 Å². The molecule has 0 spiro atoms. The average Bonchev–Trinajstić information content (AvgIpc) is 3.36. The van der Waals surface area contributed by atoms with E-state index in [0.717, 1.165) is 49.7 Å². The molecule has 4 aromatic carbocycles. The molecule has 6 rings (SSSR count). The third kappa shape index (κ3) is 4.55. The fourth-order valence-electron chi connectivity index (χ4n) is 5.47. The molecule has 0 unspecified atom stereocenters. The topological polar surface area (TPSA) is 17.0 Å². The van der Waals surface area contributed by atoms with Gasteiger partial charge in [-0.3, -0.25) is 0 Å². The summed E-state index contributed by atoms with van der Waals surface area (Å²) in [6, 6.07) is 30.6. The molecule has 0 saturated carbocycles. The zero-order chi connectivity index (χ0) is 31.6. The molecule has 2 nitrogen and oxygen atoms in total. The van der Waals surface area contributed by atoms with Crippen molar-refractivity contribution in [1.29, 1.82) is 0 Å². The Labute approximate surface area is 238 Å². The largest absolute Gasteiger partial charge is 0.454 e. The molecule has 0 aliphatic heterocycles. The third-order valence-electron chi connectivity index (χ3n) is 7.21. The van der Waals surface area contributed by atoms with Crippen LogP contribution < -0.4 is 4.57 Å². The summed E-state index contributed by atoms with van der Waals surface area (Å²) in [6.45, 7) is 4.91. The van der Waals surface area contributed by atoms with Crippen molar-refractivity contribution < 1.29 is 15.8 Å². The third-order valence-corrected chi connectivity index (χ3v) is 7.21. The van der Waals surface area contributed by atoms with E-state index in [1.165, 1.54) is 0 Å². The van der Waals surface area contributed by atoms with Crippen molar-refractivity contribution in [3.8, 4) is 33.5 Å². The van der Waals surface area contributed by atoms with Crippen LogP contribution in [-0.4, -0.2) is 0 Å². The summed E-state index contributed by atoms with van der Waals surface area (Å²) in [5.74, 6) is 0. The maximum Gasteiger partial charge on any atom is 0.216 e. The summed E-state index contributed by atoms with van der Waals surface area (Å²) in [5.41, 5.74) is 7.37. The summed E-state index contributed by atoms with van der Waals surface area (Å²) in [7, 11) is 1.81. The number of aryl methyl sites for hydroxylation is 3. The van der Waals surface area contributed by atoms with Gasteiger partial charge in [0.15, 0.2) is 6.20 Å². The van der Waals surface area contributed by atoms with Crippen LogP contribution in [0.1, 0.15) is 44.3 Å². The van der Waals surface area contributed by atoms with Crippen LogP contribution in [0.3, 0.4) is 0 Å². The number of fused-ring (bicyclic) bond motifs is 3. The normalized spacial score (nSPS) is 14.5. The van der Waals surface area contributed by atoms with Crippen LogP contribution in [0.5, 0.6) is 0 Å². The summed E-state index contributed by atoms with van der Waals surface area (Å²) < 4.78 is 51.7. The standard InChI is InChI=1S/C37H36NO/c1-24-17-18-31-34-29(26-13-9-7-10-14-26)19-20-30(27-15-11-8-12-16-27)35(34)39-36(31)33(24)32-21-28(22-37(3,4)5)25(2)23-38(32)6/h7-21,23H,22H2,1-6H3/q+1/i2D3,22D2. The molecule has 0 bridgehead atoms. The van der Waals surface area contributed by atoms with Gasteiger partial charge < -0.3 is 4.42 Å². The molecule has 0 N–H and O–H groups in total. The monoisotopic (exact) mass is 515 g/mol. The summed E-state index contributed by atoms with van der Waals surface area (Å²) in [5, 5.41) is 1.94. The second-order valence-corrected chi connectivity index (χ2v) is 11.3. The Morgan fingerprint density at radius 2 is 1.44 bits per heavy atom. The van der Waals surface area contributed by atoms with Gasteiger partial charge in [0, 0.05) is 34.8 Å². The summed E-state index contributed by atoms with van der Waals surface area (Å²) in [4.78, 5) is 0. The number of benzene rings is 4. The first-order chi connectivity index (χ1) is 20.7. The first-order valence-electron chi connectivity index (χ1n) is 15.8. The summed E-state index contributed by atoms with van der Waals surface area (Å²) in [6.07, 6.45) is -0.358. The van der Waals surface area contributed by atoms with E-state index in [-0.39, 0.29) is 11.1 Å². The Kier molecular flexibility index (Phi) is 4.85. The number of hydrogen-bond donors (Lipinski definition) is 0. The molecule has 0 amide bonds. The fraction of sp³-hybridized carbons (Fsp3) is 0.216. The van der Waals surface area contributed by atoms with Gasteiger partial charge in [-0.25, -0.2) is 4.57 Å². The maximum atomic E-state index is 9.10. The molecule has 2 aromatic heterocycles. The lowest BCUT2D eigenvalue weighted by atomic mass is 9.86. The fourth-order valence-corrected chi connectivity index (χ4v) is 5.47. The molecule has 6 aromatic rings. The molecule has 2 heteroatoms. The highest BCUT2D eigenvalue weighted by atomic mass is 16.3. The molecule has 0 atom stereocenters.